The second-order valence-corrected chi connectivity index (χ2v) is 7.73. The van der Waals surface area contributed by atoms with Crippen LogP contribution in [0.1, 0.15) is 37.4 Å². The van der Waals surface area contributed by atoms with E-state index in [2.05, 4.69) is 39.6 Å². The van der Waals surface area contributed by atoms with Gasteiger partial charge in [-0.1, -0.05) is 18.2 Å². The predicted molar refractivity (Wildman–Crippen MR) is 123 cm³/mol. The maximum atomic E-state index is 11.6. The van der Waals surface area contributed by atoms with Crippen molar-refractivity contribution >= 4 is 11.9 Å². The molecule has 1 saturated heterocycles. The number of benzene rings is 1. The molecule has 0 spiro atoms. The van der Waals surface area contributed by atoms with Crippen LogP contribution in [0.3, 0.4) is 0 Å². The first kappa shape index (κ1) is 22.6. The zero-order valence-corrected chi connectivity index (χ0v) is 18.5. The van der Waals surface area contributed by atoms with E-state index >= 15 is 0 Å². The Morgan fingerprint density at radius 3 is 2.61 bits per heavy atom. The van der Waals surface area contributed by atoms with Crippen LogP contribution in [0.5, 0.6) is 5.75 Å². The Bertz CT molecular complexity index is 831. The summed E-state index contributed by atoms with van der Waals surface area (Å²) in [4.78, 5) is 23.0. The van der Waals surface area contributed by atoms with Gasteiger partial charge in [0.05, 0.1) is 12.2 Å². The van der Waals surface area contributed by atoms with Crippen LogP contribution in [0.4, 0.5) is 0 Å². The van der Waals surface area contributed by atoms with Crippen molar-refractivity contribution in [3.63, 3.8) is 0 Å². The largest absolute Gasteiger partial charge is 0.487 e. The number of carbonyl (C=O) groups is 1. The van der Waals surface area contributed by atoms with Crippen molar-refractivity contribution in [1.82, 2.24) is 20.5 Å². The second kappa shape index (κ2) is 11.9. The quantitative estimate of drug-likeness (QED) is 0.504. The van der Waals surface area contributed by atoms with Gasteiger partial charge in [0, 0.05) is 39.3 Å². The Morgan fingerprint density at radius 1 is 1.19 bits per heavy atom. The summed E-state index contributed by atoms with van der Waals surface area (Å²) in [7, 11) is 1.70. The van der Waals surface area contributed by atoms with E-state index in [1.807, 2.05) is 30.3 Å². The number of rotatable bonds is 8. The van der Waals surface area contributed by atoms with Crippen LogP contribution in [-0.2, 0) is 17.9 Å². The lowest BCUT2D eigenvalue weighted by Crippen LogP contribution is -2.46. The smallest absolute Gasteiger partial charge is 0.220 e. The summed E-state index contributed by atoms with van der Waals surface area (Å²) in [6.07, 6.45) is 4.42. The molecular weight excluding hydrogens is 390 g/mol. The Balaban J connectivity index is 1.51. The number of aliphatic imine (C=N–C) groups is 1. The van der Waals surface area contributed by atoms with Gasteiger partial charge in [0.25, 0.3) is 0 Å². The summed E-state index contributed by atoms with van der Waals surface area (Å²) < 4.78 is 5.80. The number of ether oxygens (including phenoxy) is 1. The fourth-order valence-electron chi connectivity index (χ4n) is 3.64. The van der Waals surface area contributed by atoms with Crippen LogP contribution in [0.2, 0.25) is 0 Å². The molecule has 0 radical (unpaired) electrons. The first-order valence-corrected chi connectivity index (χ1v) is 11.0. The van der Waals surface area contributed by atoms with Crippen LogP contribution in [0, 0.1) is 5.92 Å². The van der Waals surface area contributed by atoms with Gasteiger partial charge in [-0.25, -0.2) is 4.99 Å². The number of pyridine rings is 1. The van der Waals surface area contributed by atoms with Gasteiger partial charge in [-0.2, -0.15) is 0 Å². The minimum absolute atomic E-state index is 0.131. The number of aromatic nitrogens is 1. The van der Waals surface area contributed by atoms with E-state index in [0.717, 1.165) is 55.4 Å². The van der Waals surface area contributed by atoms with E-state index < -0.39 is 0 Å². The molecule has 3 rings (SSSR count). The van der Waals surface area contributed by atoms with Gasteiger partial charge in [-0.05, 0) is 55.5 Å². The number of hydrogen-bond acceptors (Lipinski definition) is 4. The van der Waals surface area contributed by atoms with Crippen molar-refractivity contribution in [2.45, 2.75) is 39.3 Å². The molecule has 1 aromatic carbocycles. The minimum Gasteiger partial charge on any atom is -0.487 e. The highest BCUT2D eigenvalue weighted by atomic mass is 16.5. The van der Waals surface area contributed by atoms with E-state index in [0.29, 0.717) is 25.5 Å². The Kier molecular flexibility index (Phi) is 8.70. The number of likely N-dealkylation sites (tertiary alicyclic amines) is 1. The summed E-state index contributed by atoms with van der Waals surface area (Å²) >= 11 is 0. The molecule has 2 heterocycles. The number of carbonyl (C=O) groups excluding carboxylic acids is 1. The Labute approximate surface area is 184 Å². The molecule has 0 saturated carbocycles. The fourth-order valence-corrected chi connectivity index (χ4v) is 3.64. The van der Waals surface area contributed by atoms with E-state index in [-0.39, 0.29) is 5.91 Å². The maximum absolute atomic E-state index is 11.6. The highest BCUT2D eigenvalue weighted by molar-refractivity contribution is 5.80. The number of amides is 1. The van der Waals surface area contributed by atoms with Gasteiger partial charge in [-0.15, -0.1) is 0 Å². The summed E-state index contributed by atoms with van der Waals surface area (Å²) in [6.45, 7) is 5.83. The van der Waals surface area contributed by atoms with Crippen LogP contribution in [-0.4, -0.2) is 48.4 Å². The summed E-state index contributed by atoms with van der Waals surface area (Å²) in [5.74, 6) is 2.35. The molecule has 0 unspecified atom stereocenters. The predicted octanol–water partition coefficient (Wildman–Crippen LogP) is 2.97. The van der Waals surface area contributed by atoms with Crippen molar-refractivity contribution in [1.29, 1.82) is 0 Å². The molecule has 7 heteroatoms. The maximum Gasteiger partial charge on any atom is 0.220 e. The van der Waals surface area contributed by atoms with Gasteiger partial charge in [0.15, 0.2) is 5.96 Å². The highest BCUT2D eigenvalue weighted by Gasteiger charge is 2.23. The molecule has 0 atom stereocenters. The molecule has 1 aromatic heterocycles. The third kappa shape index (κ3) is 7.27. The molecule has 2 aromatic rings. The second-order valence-electron chi connectivity index (χ2n) is 7.73. The van der Waals surface area contributed by atoms with Crippen LogP contribution in [0.25, 0.3) is 0 Å². The van der Waals surface area contributed by atoms with Crippen LogP contribution < -0.4 is 15.4 Å². The molecule has 7 nitrogen and oxygen atoms in total. The van der Waals surface area contributed by atoms with Crippen molar-refractivity contribution in [2.75, 3.05) is 26.7 Å². The Morgan fingerprint density at radius 2 is 1.97 bits per heavy atom. The van der Waals surface area contributed by atoms with Crippen LogP contribution in [0.15, 0.2) is 53.7 Å². The molecule has 166 valence electrons. The molecule has 1 amide bonds. The molecule has 31 heavy (non-hydrogen) atoms. The number of nitrogens with zero attached hydrogens (tertiary/aromatic N) is 3. The third-order valence-corrected chi connectivity index (χ3v) is 5.45. The first-order chi connectivity index (χ1) is 15.2. The average Bonchev–Trinajstić information content (AvgIpc) is 2.82. The minimum atomic E-state index is 0.131. The number of guanidine groups is 1. The van der Waals surface area contributed by atoms with Crippen molar-refractivity contribution < 1.29 is 9.53 Å². The van der Waals surface area contributed by atoms with E-state index in [4.69, 9.17) is 9.73 Å². The van der Waals surface area contributed by atoms with Gasteiger partial charge in [0.1, 0.15) is 12.4 Å². The lowest BCUT2D eigenvalue weighted by Gasteiger charge is -2.34. The van der Waals surface area contributed by atoms with E-state index in [1.165, 1.54) is 0 Å². The van der Waals surface area contributed by atoms with Crippen LogP contribution >= 0.6 is 0 Å². The van der Waals surface area contributed by atoms with Crippen molar-refractivity contribution in [3.05, 3.63) is 59.9 Å². The van der Waals surface area contributed by atoms with Crippen molar-refractivity contribution in [2.24, 2.45) is 10.9 Å². The molecule has 1 aliphatic heterocycles. The number of piperidine rings is 1. The van der Waals surface area contributed by atoms with Crippen molar-refractivity contribution in [3.8, 4) is 5.75 Å². The van der Waals surface area contributed by atoms with Gasteiger partial charge in [-0.3, -0.25) is 9.78 Å². The molecule has 0 bridgehead atoms. The summed E-state index contributed by atoms with van der Waals surface area (Å²) in [6, 6.07) is 13.9. The average molecular weight is 424 g/mol. The summed E-state index contributed by atoms with van der Waals surface area (Å²) in [5, 5.41) is 6.13. The first-order valence-electron chi connectivity index (χ1n) is 11.0. The third-order valence-electron chi connectivity index (χ3n) is 5.45. The monoisotopic (exact) mass is 423 g/mol. The molecule has 2 N–H and O–H groups in total. The lowest BCUT2D eigenvalue weighted by atomic mass is 9.93. The fraction of sp³-hybridized carbons (Fsp3) is 0.458. The van der Waals surface area contributed by atoms with E-state index in [9.17, 15) is 4.79 Å². The number of nitrogens with one attached hydrogen (secondary N) is 2. The lowest BCUT2D eigenvalue weighted by molar-refractivity contribution is -0.121. The molecule has 1 aliphatic rings. The van der Waals surface area contributed by atoms with Gasteiger partial charge < -0.3 is 20.3 Å². The zero-order chi connectivity index (χ0) is 21.9. The van der Waals surface area contributed by atoms with Gasteiger partial charge in [0.2, 0.25) is 5.91 Å². The topological polar surface area (TPSA) is 78.9 Å². The van der Waals surface area contributed by atoms with Gasteiger partial charge >= 0.3 is 0 Å². The highest BCUT2D eigenvalue weighted by Crippen LogP contribution is 2.21. The normalized spacial score (nSPS) is 14.9. The standard InChI is InChI=1S/C24H33N5O2/c1-3-26-24(29-14-11-19(12-15-29)16-23(30)25-2)28-17-20-7-9-22(10-8-20)31-18-21-6-4-5-13-27-21/h4-10,13,19H,3,11-12,14-18H2,1-2H3,(H,25,30)(H,26,28). The molecule has 0 aliphatic carbocycles. The SMILES string of the molecule is CCNC(=NCc1ccc(OCc2ccccn2)cc1)N1CCC(CC(=O)NC)CC1. The number of hydrogen-bond donors (Lipinski definition) is 2. The molecule has 1 fully saturated rings. The van der Waals surface area contributed by atoms with E-state index in [1.54, 1.807) is 13.2 Å². The Hall–Kier alpha value is -3.09. The summed E-state index contributed by atoms with van der Waals surface area (Å²) in [5.41, 5.74) is 2.04. The molecular formula is C24H33N5O2. The zero-order valence-electron chi connectivity index (χ0n) is 18.5.